The summed E-state index contributed by atoms with van der Waals surface area (Å²) in [5.74, 6) is -0.810. The molecule has 0 aromatic rings. The van der Waals surface area contributed by atoms with Crippen molar-refractivity contribution in [1.82, 2.24) is 0 Å². The van der Waals surface area contributed by atoms with Crippen LogP contribution in [0.1, 0.15) is 38.5 Å². The summed E-state index contributed by atoms with van der Waals surface area (Å²) in [6.07, 6.45) is 9.84. The van der Waals surface area contributed by atoms with E-state index in [1.807, 2.05) is 0 Å². The molecule has 2 rings (SSSR count). The van der Waals surface area contributed by atoms with E-state index in [2.05, 4.69) is 16.9 Å². The third-order valence-corrected chi connectivity index (χ3v) is 3.85. The molecular formula is C13H18O3. The molecule has 0 saturated heterocycles. The highest BCUT2D eigenvalue weighted by atomic mass is 16.5. The van der Waals surface area contributed by atoms with E-state index in [4.69, 9.17) is 0 Å². The van der Waals surface area contributed by atoms with Gasteiger partial charge in [0.25, 0.3) is 0 Å². The Morgan fingerprint density at radius 2 is 2.31 bits per heavy atom. The van der Waals surface area contributed by atoms with Crippen LogP contribution in [0.4, 0.5) is 0 Å². The summed E-state index contributed by atoms with van der Waals surface area (Å²) < 4.78 is 4.66. The molecule has 0 bridgehead atoms. The number of esters is 1. The van der Waals surface area contributed by atoms with Gasteiger partial charge >= 0.3 is 5.97 Å². The maximum absolute atomic E-state index is 11.9. The summed E-state index contributed by atoms with van der Waals surface area (Å²) in [7, 11) is 1.35. The molecule has 1 unspecified atom stereocenters. The Kier molecular flexibility index (Phi) is 3.13. The number of hydrogen-bond donors (Lipinski definition) is 0. The molecule has 3 nitrogen and oxygen atoms in total. The van der Waals surface area contributed by atoms with Crippen molar-refractivity contribution in [2.24, 2.45) is 11.3 Å². The Morgan fingerprint density at radius 3 is 2.88 bits per heavy atom. The third-order valence-electron chi connectivity index (χ3n) is 3.85. The number of carbonyl (C=O) groups excluding carboxylic acids is 2. The largest absolute Gasteiger partial charge is 0.468 e. The molecule has 2 atom stereocenters. The molecule has 0 N–H and O–H groups in total. The fourth-order valence-corrected chi connectivity index (χ4v) is 2.89. The summed E-state index contributed by atoms with van der Waals surface area (Å²) >= 11 is 0. The van der Waals surface area contributed by atoms with E-state index in [1.165, 1.54) is 7.11 Å². The van der Waals surface area contributed by atoms with Crippen molar-refractivity contribution in [3.63, 3.8) is 0 Å². The van der Waals surface area contributed by atoms with Crippen molar-refractivity contribution in [2.45, 2.75) is 38.5 Å². The summed E-state index contributed by atoms with van der Waals surface area (Å²) in [6, 6.07) is 0. The highest BCUT2D eigenvalue weighted by molar-refractivity contribution is 5.99. The number of ether oxygens (including phenoxy) is 1. The van der Waals surface area contributed by atoms with Crippen molar-refractivity contribution < 1.29 is 14.3 Å². The quantitative estimate of drug-likeness (QED) is 0.388. The summed E-state index contributed by atoms with van der Waals surface area (Å²) in [5, 5.41) is 0. The van der Waals surface area contributed by atoms with E-state index < -0.39 is 5.92 Å². The Labute approximate surface area is 95.9 Å². The Hall–Kier alpha value is -1.12. The van der Waals surface area contributed by atoms with Crippen LogP contribution in [0.15, 0.2) is 12.2 Å². The predicted molar refractivity (Wildman–Crippen MR) is 59.8 cm³/mol. The van der Waals surface area contributed by atoms with Gasteiger partial charge in [0.15, 0.2) is 0 Å². The van der Waals surface area contributed by atoms with Crippen LogP contribution < -0.4 is 0 Å². The fraction of sp³-hybridized carbons (Fsp3) is 0.692. The number of methoxy groups -OCH3 is 1. The Morgan fingerprint density at radius 1 is 1.50 bits per heavy atom. The van der Waals surface area contributed by atoms with Gasteiger partial charge in [-0.15, -0.1) is 0 Å². The molecule has 2 aliphatic rings. The molecule has 2 aliphatic carbocycles. The van der Waals surface area contributed by atoms with Crippen LogP contribution in [-0.4, -0.2) is 18.9 Å². The molecule has 1 fully saturated rings. The van der Waals surface area contributed by atoms with Crippen LogP contribution in [0.3, 0.4) is 0 Å². The Balaban J connectivity index is 2.07. The zero-order chi connectivity index (χ0) is 11.6. The average Bonchev–Trinajstić information content (AvgIpc) is 2.29. The summed E-state index contributed by atoms with van der Waals surface area (Å²) in [6.45, 7) is 0. The van der Waals surface area contributed by atoms with Gasteiger partial charge in [0, 0.05) is 6.42 Å². The van der Waals surface area contributed by atoms with Crippen molar-refractivity contribution in [3.8, 4) is 0 Å². The third kappa shape index (κ3) is 2.04. The zero-order valence-electron chi connectivity index (χ0n) is 9.70. The fourth-order valence-electron chi connectivity index (χ4n) is 2.89. The van der Waals surface area contributed by atoms with Crippen LogP contribution in [0.5, 0.6) is 0 Å². The minimum Gasteiger partial charge on any atom is -0.468 e. The smallest absolute Gasteiger partial charge is 0.316 e. The SMILES string of the molecule is COC(=O)C1CC[C@@]2(C=CCCC2)CC1=O. The molecule has 3 heteroatoms. The van der Waals surface area contributed by atoms with E-state index in [0.717, 1.165) is 25.7 Å². The van der Waals surface area contributed by atoms with E-state index >= 15 is 0 Å². The number of ketones is 1. The van der Waals surface area contributed by atoms with Gasteiger partial charge in [0.1, 0.15) is 11.7 Å². The molecule has 1 spiro atoms. The van der Waals surface area contributed by atoms with Gasteiger partial charge in [-0.1, -0.05) is 12.2 Å². The minimum absolute atomic E-state index is 0.0554. The molecule has 0 aromatic carbocycles. The first-order valence-corrected chi connectivity index (χ1v) is 5.95. The van der Waals surface area contributed by atoms with E-state index in [0.29, 0.717) is 12.8 Å². The van der Waals surface area contributed by atoms with Crippen molar-refractivity contribution in [1.29, 1.82) is 0 Å². The molecule has 0 aromatic heterocycles. The summed E-state index contributed by atoms with van der Waals surface area (Å²) in [4.78, 5) is 23.3. The van der Waals surface area contributed by atoms with E-state index in [1.54, 1.807) is 0 Å². The lowest BCUT2D eigenvalue weighted by atomic mass is 9.65. The topological polar surface area (TPSA) is 43.4 Å². The number of hydrogen-bond acceptors (Lipinski definition) is 3. The maximum Gasteiger partial charge on any atom is 0.316 e. The zero-order valence-corrected chi connectivity index (χ0v) is 9.70. The molecule has 0 heterocycles. The first-order chi connectivity index (χ1) is 7.67. The van der Waals surface area contributed by atoms with Crippen molar-refractivity contribution in [2.75, 3.05) is 7.11 Å². The van der Waals surface area contributed by atoms with Crippen molar-refractivity contribution >= 4 is 11.8 Å². The minimum atomic E-state index is -0.508. The molecule has 16 heavy (non-hydrogen) atoms. The van der Waals surface area contributed by atoms with Gasteiger partial charge in [-0.05, 0) is 37.5 Å². The van der Waals surface area contributed by atoms with Gasteiger partial charge in [0.05, 0.1) is 7.11 Å². The lowest BCUT2D eigenvalue weighted by Gasteiger charge is -2.38. The Bertz CT molecular complexity index is 332. The standard InChI is InChI=1S/C13H18O3/c1-16-12(15)10-5-8-13(9-11(10)14)6-3-2-4-7-13/h3,6,10H,2,4-5,7-9H2,1H3/t10?,13-/m0/s1. The van der Waals surface area contributed by atoms with Crippen LogP contribution in [0.2, 0.25) is 0 Å². The van der Waals surface area contributed by atoms with Crippen molar-refractivity contribution in [3.05, 3.63) is 12.2 Å². The first-order valence-electron chi connectivity index (χ1n) is 5.95. The number of carbonyl (C=O) groups is 2. The van der Waals surface area contributed by atoms with Crippen LogP contribution in [0.25, 0.3) is 0 Å². The number of Topliss-reactive ketones (excluding diaryl/α,β-unsaturated/α-hetero) is 1. The highest BCUT2D eigenvalue weighted by Gasteiger charge is 2.41. The second-order valence-corrected chi connectivity index (χ2v) is 4.91. The monoisotopic (exact) mass is 222 g/mol. The van der Waals surface area contributed by atoms with E-state index in [9.17, 15) is 9.59 Å². The second kappa shape index (κ2) is 4.40. The maximum atomic E-state index is 11.9. The van der Waals surface area contributed by atoms with Crippen LogP contribution >= 0.6 is 0 Å². The molecule has 0 radical (unpaired) electrons. The molecule has 88 valence electrons. The lowest BCUT2D eigenvalue weighted by molar-refractivity contribution is -0.152. The molecular weight excluding hydrogens is 204 g/mol. The van der Waals surface area contributed by atoms with Gasteiger partial charge in [-0.3, -0.25) is 9.59 Å². The normalized spacial score (nSPS) is 34.1. The highest BCUT2D eigenvalue weighted by Crippen LogP contribution is 2.44. The van der Waals surface area contributed by atoms with Crippen LogP contribution in [-0.2, 0) is 14.3 Å². The number of allylic oxidation sites excluding steroid dienone is 2. The van der Waals surface area contributed by atoms with Gasteiger partial charge in [-0.25, -0.2) is 0 Å². The summed E-state index contributed by atoms with van der Waals surface area (Å²) in [5.41, 5.74) is 0.0554. The van der Waals surface area contributed by atoms with Gasteiger partial charge in [0.2, 0.25) is 0 Å². The lowest BCUT2D eigenvalue weighted by Crippen LogP contribution is -2.37. The first kappa shape index (κ1) is 11.4. The second-order valence-electron chi connectivity index (χ2n) is 4.91. The van der Waals surface area contributed by atoms with E-state index in [-0.39, 0.29) is 17.2 Å². The van der Waals surface area contributed by atoms with Gasteiger partial charge < -0.3 is 4.74 Å². The molecule has 0 amide bonds. The van der Waals surface area contributed by atoms with Gasteiger partial charge in [-0.2, -0.15) is 0 Å². The van der Waals surface area contributed by atoms with Crippen LogP contribution in [0, 0.1) is 11.3 Å². The number of rotatable bonds is 1. The predicted octanol–water partition coefficient (Wildman–Crippen LogP) is 2.26. The average molecular weight is 222 g/mol. The molecule has 1 saturated carbocycles. The molecule has 0 aliphatic heterocycles.